The first kappa shape index (κ1) is 16.9. The van der Waals surface area contributed by atoms with Gasteiger partial charge in [0.25, 0.3) is 0 Å². The topological polar surface area (TPSA) is 70.2 Å². The largest absolute Gasteiger partial charge is 0.369 e. The predicted molar refractivity (Wildman–Crippen MR) is 105 cm³/mol. The number of nitrogens with one attached hydrogen (secondary N) is 2. The highest BCUT2D eigenvalue weighted by molar-refractivity contribution is 7.17. The van der Waals surface area contributed by atoms with Crippen molar-refractivity contribution >= 4 is 33.3 Å². The summed E-state index contributed by atoms with van der Waals surface area (Å²) in [7, 11) is 0. The summed E-state index contributed by atoms with van der Waals surface area (Å²) >= 11 is 1.61. The number of hydrogen-bond acceptors (Lipinski definition) is 6. The first-order valence-electron chi connectivity index (χ1n) is 8.83. The lowest BCUT2D eigenvalue weighted by atomic mass is 10.1. The summed E-state index contributed by atoms with van der Waals surface area (Å²) in [4.78, 5) is 24.0. The Kier molecular flexibility index (Phi) is 5.08. The summed E-state index contributed by atoms with van der Waals surface area (Å²) in [5.41, 5.74) is 2.27. The van der Waals surface area contributed by atoms with E-state index in [0.29, 0.717) is 13.0 Å². The number of rotatable bonds is 5. The molecule has 0 atom stereocenters. The van der Waals surface area contributed by atoms with Gasteiger partial charge in [0.05, 0.1) is 5.39 Å². The normalized spacial score (nSPS) is 14.5. The molecule has 6 nitrogen and oxygen atoms in total. The zero-order chi connectivity index (χ0) is 17.8. The summed E-state index contributed by atoms with van der Waals surface area (Å²) < 4.78 is 0. The van der Waals surface area contributed by atoms with Gasteiger partial charge in [0.1, 0.15) is 17.0 Å². The quantitative estimate of drug-likeness (QED) is 0.725. The Hall–Kier alpha value is -2.51. The van der Waals surface area contributed by atoms with E-state index in [-0.39, 0.29) is 5.91 Å². The lowest BCUT2D eigenvalue weighted by Crippen LogP contribution is -2.46. The van der Waals surface area contributed by atoms with Crippen molar-refractivity contribution in [2.45, 2.75) is 6.42 Å². The van der Waals surface area contributed by atoms with Crippen LogP contribution in [-0.4, -0.2) is 53.5 Å². The van der Waals surface area contributed by atoms with E-state index >= 15 is 0 Å². The molecule has 3 aromatic rings. The lowest BCUT2D eigenvalue weighted by Gasteiger charge is -2.27. The van der Waals surface area contributed by atoms with Crippen molar-refractivity contribution in [3.63, 3.8) is 0 Å². The molecule has 1 aliphatic heterocycles. The van der Waals surface area contributed by atoms with Gasteiger partial charge in [-0.05, 0) is 5.56 Å². The van der Waals surface area contributed by atoms with Crippen molar-refractivity contribution in [3.05, 3.63) is 42.0 Å². The molecule has 0 bridgehead atoms. The van der Waals surface area contributed by atoms with Gasteiger partial charge < -0.3 is 15.5 Å². The van der Waals surface area contributed by atoms with Crippen LogP contribution in [0.15, 0.2) is 42.0 Å². The SMILES string of the molecule is O=C(CCNc1ncnc2scc(-c3ccccc3)c12)N1CCNCC1. The number of anilines is 1. The number of amides is 1. The number of hydrogen-bond donors (Lipinski definition) is 2. The maximum atomic E-state index is 12.3. The van der Waals surface area contributed by atoms with Crippen molar-refractivity contribution in [1.29, 1.82) is 0 Å². The Morgan fingerprint density at radius 2 is 2.00 bits per heavy atom. The van der Waals surface area contributed by atoms with Crippen LogP contribution in [0.5, 0.6) is 0 Å². The Labute approximate surface area is 156 Å². The Balaban J connectivity index is 1.50. The van der Waals surface area contributed by atoms with Crippen LogP contribution in [0.1, 0.15) is 6.42 Å². The van der Waals surface area contributed by atoms with Crippen LogP contribution in [0.25, 0.3) is 21.3 Å². The van der Waals surface area contributed by atoms with Gasteiger partial charge in [-0.3, -0.25) is 4.79 Å². The third-order valence-corrected chi connectivity index (χ3v) is 5.44. The smallest absolute Gasteiger partial charge is 0.224 e. The highest BCUT2D eigenvalue weighted by Gasteiger charge is 2.16. The molecule has 1 aromatic carbocycles. The van der Waals surface area contributed by atoms with E-state index in [9.17, 15) is 4.79 Å². The van der Waals surface area contributed by atoms with E-state index in [4.69, 9.17) is 0 Å². The molecule has 0 spiro atoms. The fraction of sp³-hybridized carbons (Fsp3) is 0.316. The third kappa shape index (κ3) is 3.54. The molecule has 1 saturated heterocycles. The lowest BCUT2D eigenvalue weighted by molar-refractivity contribution is -0.131. The number of piperazine rings is 1. The first-order chi connectivity index (χ1) is 12.8. The second-order valence-electron chi connectivity index (χ2n) is 6.23. The number of nitrogens with zero attached hydrogens (tertiary/aromatic N) is 3. The van der Waals surface area contributed by atoms with Gasteiger partial charge in [-0.1, -0.05) is 30.3 Å². The molecule has 0 aliphatic carbocycles. The standard InChI is InChI=1S/C19H21N5OS/c25-16(24-10-8-20-9-11-24)6-7-21-18-17-15(14-4-2-1-3-5-14)12-26-19(17)23-13-22-18/h1-5,12-13,20H,6-11H2,(H,21,22,23). The number of thiophene rings is 1. The zero-order valence-electron chi connectivity index (χ0n) is 14.4. The zero-order valence-corrected chi connectivity index (χ0v) is 15.3. The molecule has 1 amide bonds. The van der Waals surface area contributed by atoms with Crippen LogP contribution in [0.4, 0.5) is 5.82 Å². The molecule has 7 heteroatoms. The average molecular weight is 367 g/mol. The summed E-state index contributed by atoms with van der Waals surface area (Å²) in [6.07, 6.45) is 2.05. The maximum Gasteiger partial charge on any atom is 0.224 e. The highest BCUT2D eigenvalue weighted by Crippen LogP contribution is 2.36. The molecule has 0 saturated carbocycles. The summed E-state index contributed by atoms with van der Waals surface area (Å²) in [5.74, 6) is 0.987. The monoisotopic (exact) mass is 367 g/mol. The van der Waals surface area contributed by atoms with Gasteiger partial charge in [-0.25, -0.2) is 9.97 Å². The third-order valence-electron chi connectivity index (χ3n) is 4.56. The van der Waals surface area contributed by atoms with Crippen LogP contribution in [-0.2, 0) is 4.79 Å². The minimum absolute atomic E-state index is 0.193. The van der Waals surface area contributed by atoms with Crippen molar-refractivity contribution in [2.24, 2.45) is 0 Å². The molecule has 0 unspecified atom stereocenters. The Bertz CT molecular complexity index is 889. The molecule has 3 heterocycles. The molecule has 0 radical (unpaired) electrons. The van der Waals surface area contributed by atoms with Gasteiger partial charge in [-0.2, -0.15) is 0 Å². The van der Waals surface area contributed by atoms with Crippen LogP contribution in [0.3, 0.4) is 0 Å². The van der Waals surface area contributed by atoms with E-state index in [1.54, 1.807) is 17.7 Å². The van der Waals surface area contributed by atoms with Crippen molar-refractivity contribution < 1.29 is 4.79 Å². The first-order valence-corrected chi connectivity index (χ1v) is 9.71. The molecule has 1 fully saturated rings. The molecule has 2 N–H and O–H groups in total. The Morgan fingerprint density at radius 3 is 2.81 bits per heavy atom. The van der Waals surface area contributed by atoms with Crippen molar-refractivity contribution in [2.75, 3.05) is 38.0 Å². The summed E-state index contributed by atoms with van der Waals surface area (Å²) in [5, 5.41) is 9.75. The van der Waals surface area contributed by atoms with Gasteiger partial charge in [0, 0.05) is 50.1 Å². The van der Waals surface area contributed by atoms with Gasteiger partial charge in [0.2, 0.25) is 5.91 Å². The molecule has 134 valence electrons. The van der Waals surface area contributed by atoms with E-state index < -0.39 is 0 Å². The van der Waals surface area contributed by atoms with Crippen molar-refractivity contribution in [3.8, 4) is 11.1 Å². The van der Waals surface area contributed by atoms with Gasteiger partial charge in [0.15, 0.2) is 0 Å². The van der Waals surface area contributed by atoms with Crippen molar-refractivity contribution in [1.82, 2.24) is 20.2 Å². The average Bonchev–Trinajstić information content (AvgIpc) is 3.14. The Morgan fingerprint density at radius 1 is 1.19 bits per heavy atom. The van der Waals surface area contributed by atoms with E-state index in [1.807, 2.05) is 23.1 Å². The van der Waals surface area contributed by atoms with Crippen LogP contribution in [0, 0.1) is 0 Å². The predicted octanol–water partition coefficient (Wildman–Crippen LogP) is 2.59. The molecular formula is C19H21N5OS. The minimum atomic E-state index is 0.193. The number of aromatic nitrogens is 2. The minimum Gasteiger partial charge on any atom is -0.369 e. The highest BCUT2D eigenvalue weighted by atomic mass is 32.1. The van der Waals surface area contributed by atoms with Crippen LogP contribution >= 0.6 is 11.3 Å². The number of fused-ring (bicyclic) bond motifs is 1. The molecule has 26 heavy (non-hydrogen) atoms. The molecular weight excluding hydrogens is 346 g/mol. The van der Waals surface area contributed by atoms with Gasteiger partial charge in [-0.15, -0.1) is 11.3 Å². The van der Waals surface area contributed by atoms with E-state index in [1.165, 1.54) is 0 Å². The fourth-order valence-electron chi connectivity index (χ4n) is 3.20. The number of benzene rings is 1. The van der Waals surface area contributed by atoms with Gasteiger partial charge >= 0.3 is 0 Å². The molecule has 1 aliphatic rings. The van der Waals surface area contributed by atoms with E-state index in [0.717, 1.165) is 53.3 Å². The molecule has 4 rings (SSSR count). The van der Waals surface area contributed by atoms with Crippen LogP contribution < -0.4 is 10.6 Å². The number of carbonyl (C=O) groups excluding carboxylic acids is 1. The second-order valence-corrected chi connectivity index (χ2v) is 7.08. The fourth-order valence-corrected chi connectivity index (χ4v) is 4.12. The number of carbonyl (C=O) groups is 1. The maximum absolute atomic E-state index is 12.3. The van der Waals surface area contributed by atoms with Crippen LogP contribution in [0.2, 0.25) is 0 Å². The second kappa shape index (κ2) is 7.80. The molecule has 2 aromatic heterocycles. The van der Waals surface area contributed by atoms with E-state index in [2.05, 4.69) is 38.1 Å². The summed E-state index contributed by atoms with van der Waals surface area (Å²) in [6, 6.07) is 10.2. The summed E-state index contributed by atoms with van der Waals surface area (Å²) in [6.45, 7) is 3.90.